The van der Waals surface area contributed by atoms with E-state index in [-0.39, 0.29) is 5.92 Å². The van der Waals surface area contributed by atoms with E-state index in [1.807, 2.05) is 0 Å². The average Bonchev–Trinajstić information content (AvgIpc) is 2.96. The molecule has 0 saturated heterocycles. The predicted molar refractivity (Wildman–Crippen MR) is 79.1 cm³/mol. The molecule has 2 rings (SSSR count). The maximum Gasteiger partial charge on any atom is 0.426 e. The zero-order valence-corrected chi connectivity index (χ0v) is 14.4. The Hall–Kier alpha value is -0.100. The highest BCUT2D eigenvalue weighted by Crippen LogP contribution is 2.51. The van der Waals surface area contributed by atoms with E-state index in [4.69, 9.17) is 4.55 Å². The lowest BCUT2D eigenvalue weighted by molar-refractivity contribution is -0.215. The highest BCUT2D eigenvalue weighted by molar-refractivity contribution is 14.1. The Bertz CT molecular complexity index is 535. The zero-order valence-electron chi connectivity index (χ0n) is 11.4. The van der Waals surface area contributed by atoms with Gasteiger partial charge in [-0.15, -0.1) is 0 Å². The summed E-state index contributed by atoms with van der Waals surface area (Å²) in [6.45, 7) is 0. The topological polar surface area (TPSA) is 80.7 Å². The minimum absolute atomic E-state index is 0.0218. The molecule has 0 aromatic heterocycles. The van der Waals surface area contributed by atoms with Crippen molar-refractivity contribution in [3.8, 4) is 0 Å². The molecule has 2 aliphatic rings. The minimum Gasteiger partial charge on any atom is -0.451 e. The number of carbonyl (C=O) groups is 1. The van der Waals surface area contributed by atoms with Crippen LogP contribution in [0.25, 0.3) is 0 Å². The highest BCUT2D eigenvalue weighted by atomic mass is 127. The maximum absolute atomic E-state index is 12.7. The quantitative estimate of drug-likeness (QED) is 0.298. The van der Waals surface area contributed by atoms with Crippen LogP contribution in [0, 0.1) is 17.8 Å². The molecule has 1 N–H and O–H groups in total. The van der Waals surface area contributed by atoms with E-state index in [0.717, 1.165) is 25.7 Å². The van der Waals surface area contributed by atoms with Gasteiger partial charge in [0.25, 0.3) is 10.1 Å². The van der Waals surface area contributed by atoms with Gasteiger partial charge in [-0.05, 0) is 37.0 Å². The molecule has 128 valence electrons. The number of fused-ring (bicyclic) bond motifs is 2. The summed E-state index contributed by atoms with van der Waals surface area (Å²) in [6, 6.07) is 0. The van der Waals surface area contributed by atoms with Crippen LogP contribution in [0.2, 0.25) is 0 Å². The normalized spacial score (nSPS) is 31.0. The monoisotopic (exact) mass is 456 g/mol. The summed E-state index contributed by atoms with van der Waals surface area (Å²) < 4.78 is 71.8. The van der Waals surface area contributed by atoms with Gasteiger partial charge in [0.2, 0.25) is 6.10 Å². The van der Waals surface area contributed by atoms with Gasteiger partial charge in [-0.3, -0.25) is 9.35 Å². The van der Waals surface area contributed by atoms with Gasteiger partial charge < -0.3 is 4.74 Å². The number of esters is 1. The molecule has 2 fully saturated rings. The van der Waals surface area contributed by atoms with Crippen LogP contribution in [0.5, 0.6) is 0 Å². The van der Waals surface area contributed by atoms with Crippen molar-refractivity contribution in [2.75, 3.05) is 5.75 Å². The number of hydrogen-bond donors (Lipinski definition) is 1. The second-order valence-electron chi connectivity index (χ2n) is 5.96. The van der Waals surface area contributed by atoms with E-state index >= 15 is 0 Å². The molecule has 0 aromatic carbocycles. The van der Waals surface area contributed by atoms with Crippen LogP contribution >= 0.6 is 22.6 Å². The first-order chi connectivity index (χ1) is 9.97. The first-order valence-electron chi connectivity index (χ1n) is 6.84. The van der Waals surface area contributed by atoms with Gasteiger partial charge in [0, 0.05) is 0 Å². The molecule has 0 amide bonds. The van der Waals surface area contributed by atoms with E-state index in [0.29, 0.717) is 11.8 Å². The van der Waals surface area contributed by atoms with Crippen molar-refractivity contribution >= 4 is 38.7 Å². The molecule has 22 heavy (non-hydrogen) atoms. The number of carbonyl (C=O) groups excluding carboxylic acids is 1. The Kier molecular flexibility index (Phi) is 5.32. The van der Waals surface area contributed by atoms with Gasteiger partial charge in [-0.1, -0.05) is 29.0 Å². The summed E-state index contributed by atoms with van der Waals surface area (Å²) in [7, 11) is -4.90. The summed E-state index contributed by atoms with van der Waals surface area (Å²) in [5.74, 6) is -1.92. The lowest BCUT2D eigenvalue weighted by Gasteiger charge is -2.27. The van der Waals surface area contributed by atoms with Crippen LogP contribution in [0.3, 0.4) is 0 Å². The Morgan fingerprint density at radius 2 is 1.95 bits per heavy atom. The molecule has 2 aliphatic carbocycles. The van der Waals surface area contributed by atoms with Crippen LogP contribution in [0.1, 0.15) is 25.7 Å². The molecule has 0 spiro atoms. The zero-order chi connectivity index (χ0) is 16.7. The SMILES string of the molecule is O=C(OC(CS(=O)(=O)O)C(F)(F)F)C(I)C1CC2CCC1C2. The van der Waals surface area contributed by atoms with Crippen molar-refractivity contribution in [3.05, 3.63) is 0 Å². The van der Waals surface area contributed by atoms with Gasteiger partial charge in [-0.2, -0.15) is 21.6 Å². The number of halogens is 4. The van der Waals surface area contributed by atoms with Crippen molar-refractivity contribution in [1.29, 1.82) is 0 Å². The molecular weight excluding hydrogens is 440 g/mol. The molecular formula is C12H16F3IO5S. The fraction of sp³-hybridized carbons (Fsp3) is 0.917. The van der Waals surface area contributed by atoms with Crippen LogP contribution in [0.4, 0.5) is 13.2 Å². The fourth-order valence-corrected chi connectivity index (χ4v) is 5.09. The Balaban J connectivity index is 2.01. The number of hydrogen-bond acceptors (Lipinski definition) is 4. The molecule has 5 atom stereocenters. The Morgan fingerprint density at radius 1 is 1.32 bits per heavy atom. The predicted octanol–water partition coefficient (Wildman–Crippen LogP) is 2.59. The molecule has 5 nitrogen and oxygen atoms in total. The second kappa shape index (κ2) is 6.42. The summed E-state index contributed by atoms with van der Waals surface area (Å²) in [5.41, 5.74) is 0. The van der Waals surface area contributed by atoms with Crippen molar-refractivity contribution in [1.82, 2.24) is 0 Å². The fourth-order valence-electron chi connectivity index (χ4n) is 3.42. The van der Waals surface area contributed by atoms with Gasteiger partial charge in [0.15, 0.2) is 0 Å². The van der Waals surface area contributed by atoms with Crippen LogP contribution in [0.15, 0.2) is 0 Å². The smallest absolute Gasteiger partial charge is 0.426 e. The third-order valence-corrected chi connectivity index (χ3v) is 6.54. The summed E-state index contributed by atoms with van der Waals surface area (Å²) in [6.07, 6.45) is -4.04. The first-order valence-corrected chi connectivity index (χ1v) is 9.69. The number of alkyl halides is 4. The standard InChI is InChI=1S/C12H16F3IO5S/c13-12(14,15)9(5-22(18,19)20)21-11(17)10(16)8-4-6-1-2-7(8)3-6/h6-10H,1-5H2,(H,18,19,20). The average molecular weight is 456 g/mol. The van der Waals surface area contributed by atoms with Crippen LogP contribution in [-0.2, 0) is 19.6 Å². The molecule has 0 aliphatic heterocycles. The second-order valence-corrected chi connectivity index (χ2v) is 8.80. The van der Waals surface area contributed by atoms with Gasteiger partial charge in [0.05, 0.1) is 0 Å². The molecule has 10 heteroatoms. The highest BCUT2D eigenvalue weighted by Gasteiger charge is 2.49. The van der Waals surface area contributed by atoms with Gasteiger partial charge >= 0.3 is 12.1 Å². The maximum atomic E-state index is 12.7. The molecule has 0 radical (unpaired) electrons. The molecule has 2 saturated carbocycles. The van der Waals surface area contributed by atoms with Crippen molar-refractivity contribution in [2.45, 2.75) is 41.9 Å². The van der Waals surface area contributed by atoms with E-state index in [2.05, 4.69) is 4.74 Å². The van der Waals surface area contributed by atoms with Crippen LogP contribution in [-0.4, -0.2) is 40.9 Å². The minimum atomic E-state index is -5.05. The molecule has 0 aromatic rings. The van der Waals surface area contributed by atoms with Crippen molar-refractivity contribution < 1.29 is 35.7 Å². The molecule has 2 bridgehead atoms. The lowest BCUT2D eigenvalue weighted by atomic mass is 9.86. The number of rotatable bonds is 5. The van der Waals surface area contributed by atoms with Crippen molar-refractivity contribution in [3.63, 3.8) is 0 Å². The summed E-state index contributed by atoms with van der Waals surface area (Å²) >= 11 is 1.77. The first kappa shape index (κ1) is 18.2. The molecule has 5 unspecified atom stereocenters. The molecule has 0 heterocycles. The third-order valence-electron chi connectivity index (χ3n) is 4.38. The Morgan fingerprint density at radius 3 is 2.36 bits per heavy atom. The van der Waals surface area contributed by atoms with E-state index < -0.39 is 38.0 Å². The van der Waals surface area contributed by atoms with Crippen LogP contribution < -0.4 is 0 Å². The van der Waals surface area contributed by atoms with E-state index in [1.165, 1.54) is 0 Å². The third kappa shape index (κ3) is 4.47. The summed E-state index contributed by atoms with van der Waals surface area (Å²) in [5, 5.41) is 0. The van der Waals surface area contributed by atoms with Gasteiger partial charge in [-0.25, -0.2) is 0 Å². The lowest BCUT2D eigenvalue weighted by Crippen LogP contribution is -2.42. The van der Waals surface area contributed by atoms with E-state index in [1.54, 1.807) is 22.6 Å². The number of ether oxygens (including phenoxy) is 1. The largest absolute Gasteiger partial charge is 0.451 e. The summed E-state index contributed by atoms with van der Waals surface area (Å²) in [4.78, 5) is 11.9. The van der Waals surface area contributed by atoms with E-state index in [9.17, 15) is 26.4 Å². The van der Waals surface area contributed by atoms with Gasteiger partial charge in [0.1, 0.15) is 9.68 Å². The van der Waals surface area contributed by atoms with Crippen molar-refractivity contribution in [2.24, 2.45) is 17.8 Å². The Labute approximate surface area is 139 Å².